The molecule has 0 fully saturated rings. The predicted octanol–water partition coefficient (Wildman–Crippen LogP) is 4.10. The minimum atomic E-state index is 0.350. The van der Waals surface area contributed by atoms with Gasteiger partial charge in [-0.05, 0) is 57.2 Å². The van der Waals surface area contributed by atoms with Crippen molar-refractivity contribution in [2.75, 3.05) is 0 Å². The number of aryl methyl sites for hydroxylation is 3. The molecule has 2 heteroatoms. The molecule has 1 aliphatic carbocycles. The van der Waals surface area contributed by atoms with E-state index in [9.17, 15) is 0 Å². The molecule has 1 heterocycles. The van der Waals surface area contributed by atoms with Crippen LogP contribution in [0.2, 0.25) is 0 Å². The van der Waals surface area contributed by atoms with Crippen LogP contribution in [-0.4, -0.2) is 6.04 Å². The molecule has 0 amide bonds. The number of rotatable bonds is 3. The first-order valence-electron chi connectivity index (χ1n) is 7.53. The number of furan rings is 1. The zero-order valence-electron chi connectivity index (χ0n) is 12.6. The molecule has 0 spiro atoms. The maximum Gasteiger partial charge on any atom is 0.105 e. The minimum Gasteiger partial charge on any atom is -0.466 e. The Balaban J connectivity index is 1.69. The molecule has 20 heavy (non-hydrogen) atoms. The fourth-order valence-corrected chi connectivity index (χ4v) is 3.36. The van der Waals surface area contributed by atoms with E-state index >= 15 is 0 Å². The number of benzene rings is 1. The minimum absolute atomic E-state index is 0.350. The fraction of sp³-hybridized carbons (Fsp3) is 0.444. The molecule has 1 aliphatic rings. The van der Waals surface area contributed by atoms with Gasteiger partial charge in [0.2, 0.25) is 0 Å². The lowest BCUT2D eigenvalue weighted by Crippen LogP contribution is -2.36. The SMILES string of the molecule is Cc1cc(C(C)NC2CCc3ccccc3C2)c(C)o1. The fourth-order valence-electron chi connectivity index (χ4n) is 3.36. The van der Waals surface area contributed by atoms with Crippen LogP contribution in [0.15, 0.2) is 34.7 Å². The van der Waals surface area contributed by atoms with Gasteiger partial charge in [-0.2, -0.15) is 0 Å². The first-order chi connectivity index (χ1) is 9.63. The van der Waals surface area contributed by atoms with Crippen LogP contribution >= 0.6 is 0 Å². The third kappa shape index (κ3) is 2.66. The molecular formula is C18H23NO. The monoisotopic (exact) mass is 269 g/mol. The lowest BCUT2D eigenvalue weighted by molar-refractivity contribution is 0.408. The van der Waals surface area contributed by atoms with E-state index in [1.54, 1.807) is 0 Å². The Labute approximate surface area is 121 Å². The predicted molar refractivity (Wildman–Crippen MR) is 82.0 cm³/mol. The Bertz CT molecular complexity index is 599. The average molecular weight is 269 g/mol. The summed E-state index contributed by atoms with van der Waals surface area (Å²) in [5.74, 6) is 2.04. The molecule has 0 bridgehead atoms. The summed E-state index contributed by atoms with van der Waals surface area (Å²) in [6.07, 6.45) is 3.54. The van der Waals surface area contributed by atoms with Crippen molar-refractivity contribution in [2.45, 2.75) is 52.1 Å². The van der Waals surface area contributed by atoms with Gasteiger partial charge in [0.05, 0.1) is 0 Å². The topological polar surface area (TPSA) is 25.2 Å². The highest BCUT2D eigenvalue weighted by atomic mass is 16.3. The van der Waals surface area contributed by atoms with Gasteiger partial charge in [-0.15, -0.1) is 0 Å². The quantitative estimate of drug-likeness (QED) is 0.907. The summed E-state index contributed by atoms with van der Waals surface area (Å²) < 4.78 is 5.64. The number of fused-ring (bicyclic) bond motifs is 1. The van der Waals surface area contributed by atoms with Gasteiger partial charge in [0.25, 0.3) is 0 Å². The van der Waals surface area contributed by atoms with Gasteiger partial charge in [-0.1, -0.05) is 24.3 Å². The van der Waals surface area contributed by atoms with E-state index in [1.807, 2.05) is 6.92 Å². The highest BCUT2D eigenvalue weighted by molar-refractivity contribution is 5.31. The van der Waals surface area contributed by atoms with Crippen LogP contribution in [0.5, 0.6) is 0 Å². The lowest BCUT2D eigenvalue weighted by atomic mass is 9.88. The lowest BCUT2D eigenvalue weighted by Gasteiger charge is -2.28. The van der Waals surface area contributed by atoms with E-state index in [4.69, 9.17) is 4.42 Å². The summed E-state index contributed by atoms with van der Waals surface area (Å²) >= 11 is 0. The largest absolute Gasteiger partial charge is 0.466 e. The molecule has 0 saturated carbocycles. The molecule has 2 aromatic rings. The van der Waals surface area contributed by atoms with Crippen molar-refractivity contribution in [1.82, 2.24) is 5.32 Å². The summed E-state index contributed by atoms with van der Waals surface area (Å²) in [4.78, 5) is 0. The second kappa shape index (κ2) is 5.45. The van der Waals surface area contributed by atoms with Gasteiger partial charge < -0.3 is 9.73 Å². The van der Waals surface area contributed by atoms with Crippen molar-refractivity contribution in [1.29, 1.82) is 0 Å². The zero-order valence-corrected chi connectivity index (χ0v) is 12.6. The third-order valence-electron chi connectivity index (χ3n) is 4.38. The Morgan fingerprint density at radius 2 is 1.95 bits per heavy atom. The van der Waals surface area contributed by atoms with Crippen LogP contribution in [0.25, 0.3) is 0 Å². The number of hydrogen-bond acceptors (Lipinski definition) is 2. The van der Waals surface area contributed by atoms with Gasteiger partial charge in [0.1, 0.15) is 11.5 Å². The van der Waals surface area contributed by atoms with E-state index in [0.717, 1.165) is 17.9 Å². The van der Waals surface area contributed by atoms with Crippen molar-refractivity contribution >= 4 is 0 Å². The molecule has 1 aromatic heterocycles. The van der Waals surface area contributed by atoms with E-state index < -0.39 is 0 Å². The van der Waals surface area contributed by atoms with Crippen LogP contribution in [0, 0.1) is 13.8 Å². The summed E-state index contributed by atoms with van der Waals surface area (Å²) in [5, 5.41) is 3.77. The van der Waals surface area contributed by atoms with E-state index in [2.05, 4.69) is 49.5 Å². The Hall–Kier alpha value is -1.54. The van der Waals surface area contributed by atoms with Gasteiger partial charge in [0.15, 0.2) is 0 Å². The van der Waals surface area contributed by atoms with Crippen molar-refractivity contribution in [3.8, 4) is 0 Å². The average Bonchev–Trinajstić information content (AvgIpc) is 2.78. The zero-order chi connectivity index (χ0) is 14.1. The number of nitrogens with one attached hydrogen (secondary N) is 1. The molecule has 3 rings (SSSR count). The van der Waals surface area contributed by atoms with Gasteiger partial charge in [-0.25, -0.2) is 0 Å². The highest BCUT2D eigenvalue weighted by Gasteiger charge is 2.21. The molecule has 1 N–H and O–H groups in total. The summed E-state index contributed by atoms with van der Waals surface area (Å²) in [5.41, 5.74) is 4.32. The van der Waals surface area contributed by atoms with Crippen molar-refractivity contribution in [3.05, 3.63) is 58.5 Å². The van der Waals surface area contributed by atoms with Crippen LogP contribution in [0.1, 0.15) is 47.6 Å². The first kappa shape index (κ1) is 13.4. The molecule has 0 saturated heterocycles. The summed E-state index contributed by atoms with van der Waals surface area (Å²) in [7, 11) is 0. The normalized spacial score (nSPS) is 19.6. The smallest absolute Gasteiger partial charge is 0.105 e. The number of hydrogen-bond donors (Lipinski definition) is 1. The third-order valence-corrected chi connectivity index (χ3v) is 4.38. The first-order valence-corrected chi connectivity index (χ1v) is 7.53. The highest BCUT2D eigenvalue weighted by Crippen LogP contribution is 2.25. The molecule has 1 aromatic carbocycles. The van der Waals surface area contributed by atoms with Gasteiger partial charge in [0, 0.05) is 17.6 Å². The van der Waals surface area contributed by atoms with Crippen LogP contribution < -0.4 is 5.32 Å². The summed E-state index contributed by atoms with van der Waals surface area (Å²) in [6.45, 7) is 6.30. The molecule has 2 atom stereocenters. The maximum atomic E-state index is 5.64. The maximum absolute atomic E-state index is 5.64. The van der Waals surface area contributed by atoms with Gasteiger partial charge >= 0.3 is 0 Å². The van der Waals surface area contributed by atoms with Crippen molar-refractivity contribution < 1.29 is 4.42 Å². The van der Waals surface area contributed by atoms with Crippen LogP contribution in [-0.2, 0) is 12.8 Å². The Morgan fingerprint density at radius 1 is 1.20 bits per heavy atom. The van der Waals surface area contributed by atoms with E-state index in [1.165, 1.54) is 29.5 Å². The van der Waals surface area contributed by atoms with Crippen molar-refractivity contribution in [3.63, 3.8) is 0 Å². The Morgan fingerprint density at radius 3 is 2.65 bits per heavy atom. The molecule has 2 nitrogen and oxygen atoms in total. The second-order valence-corrected chi connectivity index (χ2v) is 5.97. The molecular weight excluding hydrogens is 246 g/mol. The summed E-state index contributed by atoms with van der Waals surface area (Å²) in [6, 6.07) is 11.9. The Kier molecular flexibility index (Phi) is 3.66. The molecule has 2 unspecified atom stereocenters. The second-order valence-electron chi connectivity index (χ2n) is 5.97. The van der Waals surface area contributed by atoms with Gasteiger partial charge in [-0.3, -0.25) is 0 Å². The molecule has 0 radical (unpaired) electrons. The van der Waals surface area contributed by atoms with Crippen molar-refractivity contribution in [2.24, 2.45) is 0 Å². The van der Waals surface area contributed by atoms with E-state index in [-0.39, 0.29) is 0 Å². The standard InChI is InChI=1S/C18H23NO/c1-12-10-18(14(3)20-12)13(2)19-17-9-8-15-6-4-5-7-16(15)11-17/h4-7,10,13,17,19H,8-9,11H2,1-3H3. The van der Waals surface area contributed by atoms with Crippen LogP contribution in [0.4, 0.5) is 0 Å². The van der Waals surface area contributed by atoms with E-state index in [0.29, 0.717) is 12.1 Å². The van der Waals surface area contributed by atoms with Crippen LogP contribution in [0.3, 0.4) is 0 Å². The molecule has 0 aliphatic heterocycles. The molecule has 106 valence electrons.